The lowest BCUT2D eigenvalue weighted by Gasteiger charge is -2.09. The van der Waals surface area contributed by atoms with Gasteiger partial charge in [0.1, 0.15) is 5.82 Å². The first-order valence-corrected chi connectivity index (χ1v) is 6.64. The largest absolute Gasteiger partial charge is 0.326 e. The summed E-state index contributed by atoms with van der Waals surface area (Å²) in [6.45, 7) is 3.91. The minimum Gasteiger partial charge on any atom is -0.326 e. The Morgan fingerprint density at radius 2 is 1.95 bits per heavy atom. The molecule has 0 aromatic heterocycles. The number of halogens is 2. The van der Waals surface area contributed by atoms with Gasteiger partial charge < -0.3 is 5.32 Å². The van der Waals surface area contributed by atoms with Gasteiger partial charge in [0.05, 0.1) is 6.42 Å². The fourth-order valence-corrected chi connectivity index (χ4v) is 2.15. The molecular weight excluding hydrogens is 277 g/mol. The molecule has 0 spiro atoms. The molecule has 0 radical (unpaired) electrons. The summed E-state index contributed by atoms with van der Waals surface area (Å²) in [7, 11) is 0. The van der Waals surface area contributed by atoms with Gasteiger partial charge in [-0.15, -0.1) is 0 Å². The lowest BCUT2D eigenvalue weighted by atomic mass is 10.1. The minimum atomic E-state index is -0.465. The van der Waals surface area contributed by atoms with Crippen LogP contribution in [0.25, 0.3) is 0 Å². The molecule has 0 saturated carbocycles. The van der Waals surface area contributed by atoms with Crippen LogP contribution in [0.1, 0.15) is 16.7 Å². The third-order valence-corrected chi connectivity index (χ3v) is 3.26. The second kappa shape index (κ2) is 6.06. The number of carbonyl (C=O) groups excluding carboxylic acids is 1. The molecule has 0 atom stereocenters. The monoisotopic (exact) mass is 291 g/mol. The zero-order valence-corrected chi connectivity index (χ0v) is 12.1. The Kier molecular flexibility index (Phi) is 4.40. The molecule has 0 saturated heterocycles. The van der Waals surface area contributed by atoms with Gasteiger partial charge in [0.25, 0.3) is 0 Å². The van der Waals surface area contributed by atoms with Gasteiger partial charge in [0.15, 0.2) is 0 Å². The molecule has 2 aromatic carbocycles. The molecule has 0 unspecified atom stereocenters. The van der Waals surface area contributed by atoms with E-state index in [0.717, 1.165) is 16.8 Å². The Morgan fingerprint density at radius 3 is 2.60 bits per heavy atom. The summed E-state index contributed by atoms with van der Waals surface area (Å²) in [6.07, 6.45) is -0.0175. The molecule has 0 aliphatic heterocycles. The summed E-state index contributed by atoms with van der Waals surface area (Å²) < 4.78 is 13.6. The van der Waals surface area contributed by atoms with Crippen LogP contribution >= 0.6 is 11.6 Å². The Hall–Kier alpha value is -1.87. The average Bonchev–Trinajstić information content (AvgIpc) is 2.36. The van der Waals surface area contributed by atoms with Crippen LogP contribution in [-0.4, -0.2) is 5.91 Å². The highest BCUT2D eigenvalue weighted by Crippen LogP contribution is 2.18. The first-order chi connectivity index (χ1) is 9.45. The van der Waals surface area contributed by atoms with Crippen molar-refractivity contribution in [1.82, 2.24) is 0 Å². The van der Waals surface area contributed by atoms with E-state index in [-0.39, 0.29) is 12.3 Å². The smallest absolute Gasteiger partial charge is 0.228 e. The third kappa shape index (κ3) is 3.58. The van der Waals surface area contributed by atoms with Crippen molar-refractivity contribution in [2.75, 3.05) is 5.32 Å². The topological polar surface area (TPSA) is 29.1 Å². The Balaban J connectivity index is 2.09. The lowest BCUT2D eigenvalue weighted by Crippen LogP contribution is -2.16. The van der Waals surface area contributed by atoms with E-state index in [0.29, 0.717) is 10.6 Å². The van der Waals surface area contributed by atoms with Crippen LogP contribution in [-0.2, 0) is 11.2 Å². The molecule has 2 nitrogen and oxygen atoms in total. The summed E-state index contributed by atoms with van der Waals surface area (Å²) in [4.78, 5) is 11.9. The zero-order valence-electron chi connectivity index (χ0n) is 11.3. The number of hydrogen-bond donors (Lipinski definition) is 1. The number of nitrogens with one attached hydrogen (secondary N) is 1. The maximum absolute atomic E-state index is 13.6. The van der Waals surface area contributed by atoms with E-state index in [1.807, 2.05) is 32.0 Å². The molecule has 1 amide bonds. The third-order valence-electron chi connectivity index (χ3n) is 3.02. The van der Waals surface area contributed by atoms with E-state index in [4.69, 9.17) is 11.6 Å². The molecule has 104 valence electrons. The van der Waals surface area contributed by atoms with Crippen LogP contribution in [0.3, 0.4) is 0 Å². The molecule has 4 heteroatoms. The number of benzene rings is 2. The molecule has 1 N–H and O–H groups in total. The van der Waals surface area contributed by atoms with Crippen molar-refractivity contribution < 1.29 is 9.18 Å². The highest BCUT2D eigenvalue weighted by atomic mass is 35.5. The Bertz CT molecular complexity index is 599. The van der Waals surface area contributed by atoms with Crippen molar-refractivity contribution in [2.45, 2.75) is 20.3 Å². The van der Waals surface area contributed by atoms with Crippen molar-refractivity contribution in [3.63, 3.8) is 0 Å². The van der Waals surface area contributed by atoms with E-state index < -0.39 is 5.82 Å². The van der Waals surface area contributed by atoms with E-state index in [9.17, 15) is 9.18 Å². The first-order valence-electron chi connectivity index (χ1n) is 6.27. The zero-order chi connectivity index (χ0) is 14.7. The van der Waals surface area contributed by atoms with Crippen molar-refractivity contribution in [1.29, 1.82) is 0 Å². The van der Waals surface area contributed by atoms with Crippen molar-refractivity contribution in [2.24, 2.45) is 0 Å². The summed E-state index contributed by atoms with van der Waals surface area (Å²) in [5.74, 6) is -0.716. The van der Waals surface area contributed by atoms with Crippen LogP contribution in [0.15, 0.2) is 36.4 Å². The van der Waals surface area contributed by atoms with Crippen LogP contribution in [0.4, 0.5) is 10.1 Å². The highest BCUT2D eigenvalue weighted by molar-refractivity contribution is 6.30. The normalized spacial score (nSPS) is 10.4. The number of carbonyl (C=O) groups is 1. The fraction of sp³-hybridized carbons (Fsp3) is 0.188. The summed E-state index contributed by atoms with van der Waals surface area (Å²) >= 11 is 5.68. The van der Waals surface area contributed by atoms with Gasteiger partial charge in [0, 0.05) is 10.7 Å². The second-order valence-electron chi connectivity index (χ2n) is 4.78. The number of rotatable bonds is 3. The predicted octanol–water partition coefficient (Wildman–Crippen LogP) is 4.28. The summed E-state index contributed by atoms with van der Waals surface area (Å²) in [5.41, 5.74) is 3.19. The standard InChI is InChI=1S/C16H15ClFNO/c1-10-3-6-15(11(2)7-10)19-16(20)8-12-4-5-13(17)9-14(12)18/h3-7,9H,8H2,1-2H3,(H,19,20). The molecular formula is C16H15ClFNO. The van der Waals surface area contributed by atoms with Gasteiger partial charge >= 0.3 is 0 Å². The lowest BCUT2D eigenvalue weighted by molar-refractivity contribution is -0.115. The molecule has 0 aliphatic rings. The van der Waals surface area contributed by atoms with Gasteiger partial charge in [-0.25, -0.2) is 4.39 Å². The number of hydrogen-bond acceptors (Lipinski definition) is 1. The molecule has 0 bridgehead atoms. The van der Waals surface area contributed by atoms with Crippen LogP contribution in [0.2, 0.25) is 5.02 Å². The van der Waals surface area contributed by atoms with Crippen molar-refractivity contribution in [3.8, 4) is 0 Å². The average molecular weight is 292 g/mol. The van der Waals surface area contributed by atoms with Crippen LogP contribution in [0.5, 0.6) is 0 Å². The molecule has 20 heavy (non-hydrogen) atoms. The van der Waals surface area contributed by atoms with Crippen molar-refractivity contribution >= 4 is 23.2 Å². The van der Waals surface area contributed by atoms with Gasteiger partial charge in [-0.05, 0) is 43.2 Å². The van der Waals surface area contributed by atoms with Gasteiger partial charge in [0.2, 0.25) is 5.91 Å². The quantitative estimate of drug-likeness (QED) is 0.898. The first kappa shape index (κ1) is 14.5. The maximum Gasteiger partial charge on any atom is 0.228 e. The van der Waals surface area contributed by atoms with E-state index in [2.05, 4.69) is 5.32 Å². The molecule has 2 rings (SSSR count). The fourth-order valence-electron chi connectivity index (χ4n) is 1.99. The second-order valence-corrected chi connectivity index (χ2v) is 5.22. The summed E-state index contributed by atoms with van der Waals surface area (Å²) in [5, 5.41) is 3.11. The minimum absolute atomic E-state index is 0.0175. The molecule has 0 aliphatic carbocycles. The summed E-state index contributed by atoms with van der Waals surface area (Å²) in [6, 6.07) is 10.1. The molecule has 0 heterocycles. The highest BCUT2D eigenvalue weighted by Gasteiger charge is 2.10. The predicted molar refractivity (Wildman–Crippen MR) is 79.7 cm³/mol. The van der Waals surface area contributed by atoms with E-state index in [1.54, 1.807) is 6.07 Å². The maximum atomic E-state index is 13.6. The van der Waals surface area contributed by atoms with Crippen LogP contribution < -0.4 is 5.32 Å². The Labute approximate surface area is 122 Å². The van der Waals surface area contributed by atoms with Gasteiger partial charge in [-0.3, -0.25) is 4.79 Å². The van der Waals surface area contributed by atoms with Gasteiger partial charge in [-0.2, -0.15) is 0 Å². The van der Waals surface area contributed by atoms with Crippen molar-refractivity contribution in [3.05, 3.63) is 63.9 Å². The number of aryl methyl sites for hydroxylation is 2. The molecule has 0 fully saturated rings. The Morgan fingerprint density at radius 1 is 1.20 bits per heavy atom. The van der Waals surface area contributed by atoms with E-state index >= 15 is 0 Å². The van der Waals surface area contributed by atoms with E-state index in [1.165, 1.54) is 12.1 Å². The number of amides is 1. The van der Waals surface area contributed by atoms with Crippen LogP contribution in [0, 0.1) is 19.7 Å². The SMILES string of the molecule is Cc1ccc(NC(=O)Cc2ccc(Cl)cc2F)c(C)c1. The molecule has 2 aromatic rings. The van der Waals surface area contributed by atoms with Gasteiger partial charge in [-0.1, -0.05) is 35.4 Å². The number of anilines is 1.